The van der Waals surface area contributed by atoms with Gasteiger partial charge in [0.2, 0.25) is 5.91 Å². The van der Waals surface area contributed by atoms with Gasteiger partial charge >= 0.3 is 0 Å². The van der Waals surface area contributed by atoms with Crippen LogP contribution in [0, 0.1) is 0 Å². The molecule has 2 aromatic rings. The molecule has 0 atom stereocenters. The highest BCUT2D eigenvalue weighted by atomic mass is 79.9. The summed E-state index contributed by atoms with van der Waals surface area (Å²) in [5, 5.41) is 2.77. The number of carbonyl (C=O) groups is 2. The van der Waals surface area contributed by atoms with Crippen molar-refractivity contribution in [2.75, 3.05) is 13.6 Å². The Bertz CT molecular complexity index is 656. The first-order valence-electron chi connectivity index (χ1n) is 7.38. The van der Waals surface area contributed by atoms with E-state index in [-0.39, 0.29) is 18.2 Å². The maximum atomic E-state index is 12.1. The predicted octanol–water partition coefficient (Wildman–Crippen LogP) is 3.23. The van der Waals surface area contributed by atoms with Crippen LogP contribution in [0.2, 0.25) is 0 Å². The zero-order valence-corrected chi connectivity index (χ0v) is 14.5. The van der Waals surface area contributed by atoms with E-state index < -0.39 is 0 Å². The van der Waals surface area contributed by atoms with E-state index in [2.05, 4.69) is 21.2 Å². The summed E-state index contributed by atoms with van der Waals surface area (Å²) in [5.74, 6) is -0.166. The number of benzene rings is 2. The summed E-state index contributed by atoms with van der Waals surface area (Å²) < 4.78 is 0.923. The van der Waals surface area contributed by atoms with Crippen molar-refractivity contribution in [3.05, 3.63) is 70.2 Å². The highest BCUT2D eigenvalue weighted by Crippen LogP contribution is 2.10. The summed E-state index contributed by atoms with van der Waals surface area (Å²) in [6, 6.07) is 16.9. The second-order valence-electron chi connectivity index (χ2n) is 5.25. The van der Waals surface area contributed by atoms with Gasteiger partial charge in [0.15, 0.2) is 0 Å². The Morgan fingerprint density at radius 3 is 2.35 bits per heavy atom. The fourth-order valence-electron chi connectivity index (χ4n) is 2.12. The molecule has 0 radical (unpaired) electrons. The second-order valence-corrected chi connectivity index (χ2v) is 6.16. The van der Waals surface area contributed by atoms with Gasteiger partial charge in [0.05, 0.1) is 0 Å². The normalized spacial score (nSPS) is 10.2. The molecule has 120 valence electrons. The Morgan fingerprint density at radius 1 is 1.04 bits per heavy atom. The van der Waals surface area contributed by atoms with Crippen LogP contribution < -0.4 is 5.32 Å². The fraction of sp³-hybridized carbons (Fsp3) is 0.222. The number of carbonyl (C=O) groups excluding carboxylic acids is 2. The largest absolute Gasteiger partial charge is 0.352 e. The molecule has 0 unspecified atom stereocenters. The van der Waals surface area contributed by atoms with E-state index in [1.165, 1.54) is 0 Å². The highest BCUT2D eigenvalue weighted by Gasteiger charge is 2.10. The Morgan fingerprint density at radius 2 is 1.70 bits per heavy atom. The highest BCUT2D eigenvalue weighted by molar-refractivity contribution is 9.10. The zero-order chi connectivity index (χ0) is 16.7. The molecule has 0 aliphatic carbocycles. The van der Waals surface area contributed by atoms with Gasteiger partial charge < -0.3 is 10.2 Å². The van der Waals surface area contributed by atoms with Crippen molar-refractivity contribution in [3.8, 4) is 0 Å². The summed E-state index contributed by atoms with van der Waals surface area (Å²) in [5.41, 5.74) is 1.67. The SMILES string of the molecule is CN(Cc1ccccc1)C(=O)CCNC(=O)c1ccc(Br)cc1. The first kappa shape index (κ1) is 17.2. The third kappa shape index (κ3) is 5.53. The van der Waals surface area contributed by atoms with Crippen LogP contribution >= 0.6 is 15.9 Å². The molecular formula is C18H19BrN2O2. The maximum Gasteiger partial charge on any atom is 0.251 e. The molecule has 0 aliphatic heterocycles. The van der Waals surface area contributed by atoms with E-state index in [0.29, 0.717) is 18.7 Å². The Kier molecular flexibility index (Phi) is 6.35. The van der Waals surface area contributed by atoms with E-state index in [1.54, 1.807) is 24.1 Å². The standard InChI is InChI=1S/C18H19BrN2O2/c1-21(13-14-5-3-2-4-6-14)17(22)11-12-20-18(23)15-7-9-16(19)10-8-15/h2-10H,11-13H2,1H3,(H,20,23). The van der Waals surface area contributed by atoms with Crippen LogP contribution in [0.15, 0.2) is 59.1 Å². The quantitative estimate of drug-likeness (QED) is 0.843. The first-order chi connectivity index (χ1) is 11.1. The van der Waals surface area contributed by atoms with Crippen molar-refractivity contribution in [1.82, 2.24) is 10.2 Å². The van der Waals surface area contributed by atoms with E-state index in [4.69, 9.17) is 0 Å². The monoisotopic (exact) mass is 374 g/mol. The number of amides is 2. The fourth-order valence-corrected chi connectivity index (χ4v) is 2.39. The molecule has 23 heavy (non-hydrogen) atoms. The lowest BCUT2D eigenvalue weighted by molar-refractivity contribution is -0.130. The van der Waals surface area contributed by atoms with Gasteiger partial charge in [-0.2, -0.15) is 0 Å². The number of hydrogen-bond donors (Lipinski definition) is 1. The van der Waals surface area contributed by atoms with Crippen LogP contribution in [0.4, 0.5) is 0 Å². The molecular weight excluding hydrogens is 356 g/mol. The van der Waals surface area contributed by atoms with Crippen LogP contribution in [0.25, 0.3) is 0 Å². The second kappa shape index (κ2) is 8.48. The lowest BCUT2D eigenvalue weighted by atomic mass is 10.2. The van der Waals surface area contributed by atoms with Crippen LogP contribution in [-0.4, -0.2) is 30.3 Å². The number of halogens is 1. The van der Waals surface area contributed by atoms with Gasteiger partial charge in [-0.1, -0.05) is 46.3 Å². The van der Waals surface area contributed by atoms with Gasteiger partial charge in [0, 0.05) is 36.6 Å². The van der Waals surface area contributed by atoms with Crippen molar-refractivity contribution in [1.29, 1.82) is 0 Å². The number of nitrogens with zero attached hydrogens (tertiary/aromatic N) is 1. The Hall–Kier alpha value is -2.14. The molecule has 4 nitrogen and oxygen atoms in total. The maximum absolute atomic E-state index is 12.1. The molecule has 2 amide bonds. The van der Waals surface area contributed by atoms with Crippen LogP contribution in [-0.2, 0) is 11.3 Å². The van der Waals surface area contributed by atoms with Crippen molar-refractivity contribution in [2.24, 2.45) is 0 Å². The summed E-state index contributed by atoms with van der Waals surface area (Å²) >= 11 is 3.33. The molecule has 0 fully saturated rings. The van der Waals surface area contributed by atoms with Crippen molar-refractivity contribution >= 4 is 27.7 Å². The molecule has 0 aliphatic rings. The number of hydrogen-bond acceptors (Lipinski definition) is 2. The minimum Gasteiger partial charge on any atom is -0.352 e. The number of nitrogens with one attached hydrogen (secondary N) is 1. The molecule has 2 rings (SSSR count). The summed E-state index contributed by atoms with van der Waals surface area (Å²) in [7, 11) is 1.77. The molecule has 0 bridgehead atoms. The first-order valence-corrected chi connectivity index (χ1v) is 8.17. The van der Waals surface area contributed by atoms with Gasteiger partial charge in [-0.3, -0.25) is 9.59 Å². The lowest BCUT2D eigenvalue weighted by Gasteiger charge is -2.17. The van der Waals surface area contributed by atoms with Gasteiger partial charge in [-0.15, -0.1) is 0 Å². The molecule has 5 heteroatoms. The van der Waals surface area contributed by atoms with E-state index in [9.17, 15) is 9.59 Å². The summed E-state index contributed by atoms with van der Waals surface area (Å²) in [6.45, 7) is 0.896. The Labute approximate surface area is 144 Å². The van der Waals surface area contributed by atoms with Gasteiger partial charge in [-0.25, -0.2) is 0 Å². The van der Waals surface area contributed by atoms with Crippen LogP contribution in [0.5, 0.6) is 0 Å². The van der Waals surface area contributed by atoms with Crippen LogP contribution in [0.3, 0.4) is 0 Å². The molecule has 0 spiro atoms. The molecule has 1 N–H and O–H groups in total. The van der Waals surface area contributed by atoms with Crippen molar-refractivity contribution in [2.45, 2.75) is 13.0 Å². The average Bonchev–Trinajstić information content (AvgIpc) is 2.56. The molecule has 0 saturated heterocycles. The van der Waals surface area contributed by atoms with Crippen molar-refractivity contribution < 1.29 is 9.59 Å². The zero-order valence-electron chi connectivity index (χ0n) is 13.0. The van der Waals surface area contributed by atoms with E-state index >= 15 is 0 Å². The molecule has 0 heterocycles. The predicted molar refractivity (Wildman–Crippen MR) is 94.0 cm³/mol. The van der Waals surface area contributed by atoms with Gasteiger partial charge in [0.25, 0.3) is 5.91 Å². The van der Waals surface area contributed by atoms with Crippen LogP contribution in [0.1, 0.15) is 22.3 Å². The smallest absolute Gasteiger partial charge is 0.251 e. The summed E-state index contributed by atoms with van der Waals surface area (Å²) in [4.78, 5) is 25.7. The van der Waals surface area contributed by atoms with E-state index in [0.717, 1.165) is 10.0 Å². The molecule has 0 saturated carbocycles. The molecule has 0 aromatic heterocycles. The summed E-state index contributed by atoms with van der Waals surface area (Å²) in [6.07, 6.45) is 0.283. The topological polar surface area (TPSA) is 49.4 Å². The average molecular weight is 375 g/mol. The third-order valence-electron chi connectivity index (χ3n) is 3.42. The van der Waals surface area contributed by atoms with Gasteiger partial charge in [-0.05, 0) is 29.8 Å². The van der Waals surface area contributed by atoms with E-state index in [1.807, 2.05) is 42.5 Å². The third-order valence-corrected chi connectivity index (χ3v) is 3.95. The Balaban J connectivity index is 1.75. The van der Waals surface area contributed by atoms with Gasteiger partial charge in [0.1, 0.15) is 0 Å². The van der Waals surface area contributed by atoms with Crippen molar-refractivity contribution in [3.63, 3.8) is 0 Å². The lowest BCUT2D eigenvalue weighted by Crippen LogP contribution is -2.31. The molecule has 2 aromatic carbocycles. The number of rotatable bonds is 6. The minimum absolute atomic E-state index is 0.00459. The minimum atomic E-state index is -0.170.